The summed E-state index contributed by atoms with van der Waals surface area (Å²) in [5, 5.41) is 21.5. The first-order valence-corrected chi connectivity index (χ1v) is 10.2. The van der Waals surface area contributed by atoms with Crippen molar-refractivity contribution < 1.29 is 24.5 Å². The van der Waals surface area contributed by atoms with Gasteiger partial charge in [0.25, 0.3) is 11.7 Å². The SMILES string of the molecule is CCOc1ccc(/C(O)=C2/C(=O)C(=O)N(c3ccccc3O)C2c2ccccn2)cc1C. The monoisotopic (exact) mass is 430 g/mol. The number of carbonyl (C=O) groups excluding carboxylic acids is 2. The quantitative estimate of drug-likeness (QED) is 0.359. The molecule has 32 heavy (non-hydrogen) atoms. The van der Waals surface area contributed by atoms with Gasteiger partial charge in [0.1, 0.15) is 23.3 Å². The minimum Gasteiger partial charge on any atom is -0.507 e. The predicted octanol–water partition coefficient (Wildman–Crippen LogP) is 4.12. The van der Waals surface area contributed by atoms with Gasteiger partial charge in [0, 0.05) is 11.8 Å². The van der Waals surface area contributed by atoms with Crippen LogP contribution in [0.5, 0.6) is 11.5 Å². The van der Waals surface area contributed by atoms with Crippen LogP contribution < -0.4 is 9.64 Å². The Bertz CT molecular complexity index is 1220. The minimum absolute atomic E-state index is 0.0967. The summed E-state index contributed by atoms with van der Waals surface area (Å²) >= 11 is 0. The number of Topliss-reactive ketones (excluding diaryl/α,β-unsaturated/α-hetero) is 1. The number of aliphatic hydroxyl groups is 1. The fourth-order valence-electron chi connectivity index (χ4n) is 3.84. The zero-order valence-electron chi connectivity index (χ0n) is 17.6. The van der Waals surface area contributed by atoms with Gasteiger partial charge in [-0.1, -0.05) is 18.2 Å². The number of pyridine rings is 1. The van der Waals surface area contributed by atoms with Gasteiger partial charge in [-0.2, -0.15) is 0 Å². The Kier molecular flexibility index (Phi) is 5.64. The number of phenolic OH excluding ortho intramolecular Hbond substituents is 1. The first kappa shape index (κ1) is 21.1. The summed E-state index contributed by atoms with van der Waals surface area (Å²) in [6.45, 7) is 4.21. The summed E-state index contributed by atoms with van der Waals surface area (Å²) in [5.74, 6) is -1.52. The van der Waals surface area contributed by atoms with Crippen LogP contribution in [0.3, 0.4) is 0 Å². The molecule has 1 aliphatic heterocycles. The third-order valence-electron chi connectivity index (χ3n) is 5.30. The van der Waals surface area contributed by atoms with Crippen LogP contribution in [0.2, 0.25) is 0 Å². The van der Waals surface area contributed by atoms with Crippen LogP contribution in [-0.4, -0.2) is 33.5 Å². The molecule has 4 rings (SSSR count). The van der Waals surface area contributed by atoms with Gasteiger partial charge in [-0.05, 0) is 61.9 Å². The largest absolute Gasteiger partial charge is 0.507 e. The van der Waals surface area contributed by atoms with Crippen molar-refractivity contribution in [1.82, 2.24) is 4.98 Å². The summed E-state index contributed by atoms with van der Waals surface area (Å²) in [6, 6.07) is 15.4. The summed E-state index contributed by atoms with van der Waals surface area (Å²) in [6.07, 6.45) is 1.54. The smallest absolute Gasteiger partial charge is 0.300 e. The lowest BCUT2D eigenvalue weighted by molar-refractivity contribution is -0.132. The molecule has 1 aliphatic rings. The standard InChI is InChI=1S/C25H22N2O5/c1-3-32-20-12-11-16(14-15(20)2)23(29)21-22(17-8-6-7-13-26-17)27(25(31)24(21)30)18-9-4-5-10-19(18)28/h4-14,22,28-29H,3H2,1-2H3/b23-21-. The van der Waals surface area contributed by atoms with E-state index in [2.05, 4.69) is 4.98 Å². The molecule has 1 amide bonds. The lowest BCUT2D eigenvalue weighted by atomic mass is 9.97. The number of phenols is 1. The Hall–Kier alpha value is -4.13. The predicted molar refractivity (Wildman–Crippen MR) is 119 cm³/mol. The van der Waals surface area contributed by atoms with E-state index in [0.717, 1.165) is 5.56 Å². The minimum atomic E-state index is -1.00. The second kappa shape index (κ2) is 8.55. The Balaban J connectivity index is 1.92. The van der Waals surface area contributed by atoms with Gasteiger partial charge in [-0.25, -0.2) is 0 Å². The number of benzene rings is 2. The molecule has 162 valence electrons. The van der Waals surface area contributed by atoms with Crippen molar-refractivity contribution in [3.05, 3.63) is 89.3 Å². The number of ether oxygens (including phenoxy) is 1. The molecule has 1 saturated heterocycles. The lowest BCUT2D eigenvalue weighted by Gasteiger charge is -2.25. The molecular weight excluding hydrogens is 408 g/mol. The molecule has 1 unspecified atom stereocenters. The number of aryl methyl sites for hydroxylation is 1. The van der Waals surface area contributed by atoms with Crippen LogP contribution in [0.4, 0.5) is 5.69 Å². The van der Waals surface area contributed by atoms with Crippen molar-refractivity contribution >= 4 is 23.1 Å². The van der Waals surface area contributed by atoms with E-state index in [0.29, 0.717) is 23.6 Å². The van der Waals surface area contributed by atoms with Crippen LogP contribution in [0.15, 0.2) is 72.4 Å². The zero-order chi connectivity index (χ0) is 22.8. The maximum Gasteiger partial charge on any atom is 0.300 e. The molecule has 1 fully saturated rings. The van der Waals surface area contributed by atoms with E-state index in [1.807, 2.05) is 13.8 Å². The average molecular weight is 430 g/mol. The Morgan fingerprint density at radius 2 is 1.84 bits per heavy atom. The molecule has 0 radical (unpaired) electrons. The number of hydrogen-bond acceptors (Lipinski definition) is 6. The highest BCUT2D eigenvalue weighted by molar-refractivity contribution is 6.51. The van der Waals surface area contributed by atoms with E-state index < -0.39 is 17.7 Å². The van der Waals surface area contributed by atoms with Gasteiger partial charge in [0.15, 0.2) is 0 Å². The van der Waals surface area contributed by atoms with Crippen LogP contribution in [0.1, 0.15) is 29.8 Å². The fourth-order valence-corrected chi connectivity index (χ4v) is 3.84. The first-order chi connectivity index (χ1) is 15.4. The van der Waals surface area contributed by atoms with Gasteiger partial charge in [0.05, 0.1) is 23.6 Å². The average Bonchev–Trinajstić information content (AvgIpc) is 3.06. The van der Waals surface area contributed by atoms with E-state index >= 15 is 0 Å². The van der Waals surface area contributed by atoms with Gasteiger partial charge in [-0.15, -0.1) is 0 Å². The second-order valence-corrected chi connectivity index (χ2v) is 7.33. The van der Waals surface area contributed by atoms with Crippen molar-refractivity contribution in [2.45, 2.75) is 19.9 Å². The van der Waals surface area contributed by atoms with Gasteiger partial charge < -0.3 is 14.9 Å². The number of carbonyl (C=O) groups is 2. The van der Waals surface area contributed by atoms with Crippen molar-refractivity contribution in [2.24, 2.45) is 0 Å². The molecule has 3 aromatic rings. The zero-order valence-corrected chi connectivity index (χ0v) is 17.6. The van der Waals surface area contributed by atoms with Crippen molar-refractivity contribution in [2.75, 3.05) is 11.5 Å². The molecule has 0 saturated carbocycles. The third kappa shape index (κ3) is 3.58. The number of aromatic hydroxyl groups is 1. The number of aromatic nitrogens is 1. The fraction of sp³-hybridized carbons (Fsp3) is 0.160. The summed E-state index contributed by atoms with van der Waals surface area (Å²) < 4.78 is 5.55. The summed E-state index contributed by atoms with van der Waals surface area (Å²) in [4.78, 5) is 31.7. The number of hydrogen-bond donors (Lipinski definition) is 2. The van der Waals surface area contributed by atoms with Crippen LogP contribution in [-0.2, 0) is 9.59 Å². The third-order valence-corrected chi connectivity index (χ3v) is 5.30. The van der Waals surface area contributed by atoms with Crippen molar-refractivity contribution in [3.63, 3.8) is 0 Å². The van der Waals surface area contributed by atoms with E-state index in [-0.39, 0.29) is 22.8 Å². The first-order valence-electron chi connectivity index (χ1n) is 10.2. The highest BCUT2D eigenvalue weighted by Crippen LogP contribution is 2.44. The molecule has 0 aliphatic carbocycles. The van der Waals surface area contributed by atoms with E-state index in [1.165, 1.54) is 17.0 Å². The Morgan fingerprint density at radius 1 is 1.09 bits per heavy atom. The number of rotatable bonds is 5. The molecule has 1 atom stereocenters. The number of para-hydroxylation sites is 2. The summed E-state index contributed by atoms with van der Waals surface area (Å²) in [7, 11) is 0. The van der Waals surface area contributed by atoms with E-state index in [4.69, 9.17) is 4.74 Å². The number of ketones is 1. The molecule has 0 bridgehead atoms. The van der Waals surface area contributed by atoms with Gasteiger partial charge in [0.2, 0.25) is 0 Å². The van der Waals surface area contributed by atoms with Gasteiger partial charge >= 0.3 is 0 Å². The highest BCUT2D eigenvalue weighted by atomic mass is 16.5. The number of nitrogens with zero attached hydrogens (tertiary/aromatic N) is 2. The maximum absolute atomic E-state index is 13.1. The summed E-state index contributed by atoms with van der Waals surface area (Å²) in [5.41, 5.74) is 1.61. The molecule has 2 heterocycles. The lowest BCUT2D eigenvalue weighted by Crippen LogP contribution is -2.29. The van der Waals surface area contributed by atoms with Crippen LogP contribution in [0, 0.1) is 6.92 Å². The Morgan fingerprint density at radius 3 is 2.50 bits per heavy atom. The molecule has 7 nitrogen and oxygen atoms in total. The molecule has 7 heteroatoms. The number of amides is 1. The molecule has 2 N–H and O–H groups in total. The normalized spacial score (nSPS) is 17.6. The topological polar surface area (TPSA) is 100.0 Å². The van der Waals surface area contributed by atoms with Crippen LogP contribution >= 0.6 is 0 Å². The molecule has 1 aromatic heterocycles. The maximum atomic E-state index is 13.1. The van der Waals surface area contributed by atoms with Gasteiger partial charge in [-0.3, -0.25) is 19.5 Å². The second-order valence-electron chi connectivity index (χ2n) is 7.33. The molecule has 2 aromatic carbocycles. The van der Waals surface area contributed by atoms with E-state index in [9.17, 15) is 19.8 Å². The Labute approximate surface area is 185 Å². The number of aliphatic hydroxyl groups excluding tert-OH is 1. The highest BCUT2D eigenvalue weighted by Gasteiger charge is 2.48. The molecule has 0 spiro atoms. The van der Waals surface area contributed by atoms with Crippen LogP contribution in [0.25, 0.3) is 5.76 Å². The molecular formula is C25H22N2O5. The van der Waals surface area contributed by atoms with Crippen molar-refractivity contribution in [3.8, 4) is 11.5 Å². The number of anilines is 1. The van der Waals surface area contributed by atoms with Crippen molar-refractivity contribution in [1.29, 1.82) is 0 Å². The van der Waals surface area contributed by atoms with E-state index in [1.54, 1.807) is 54.7 Å².